The standard InChI is InChI=1S/C15H21N5O/c1-12(21)18-7-5-8-19(11-10-18)15-14(16-2)13-6-3-4-9-20(13)17-15/h3-4,6,9,16H,5,7-8,10-11H2,1-2H3. The van der Waals surface area contributed by atoms with Crippen molar-refractivity contribution in [3.8, 4) is 0 Å². The van der Waals surface area contributed by atoms with Gasteiger partial charge in [0, 0.05) is 46.3 Å². The van der Waals surface area contributed by atoms with Crippen LogP contribution in [0.1, 0.15) is 13.3 Å². The molecule has 1 aliphatic rings. The zero-order valence-corrected chi connectivity index (χ0v) is 12.5. The quantitative estimate of drug-likeness (QED) is 0.908. The zero-order chi connectivity index (χ0) is 14.8. The number of carbonyl (C=O) groups excluding carboxylic acids is 1. The molecule has 0 bridgehead atoms. The van der Waals surface area contributed by atoms with Crippen molar-refractivity contribution in [1.29, 1.82) is 0 Å². The van der Waals surface area contributed by atoms with Crippen LogP contribution in [0.3, 0.4) is 0 Å². The van der Waals surface area contributed by atoms with Crippen molar-refractivity contribution in [2.24, 2.45) is 0 Å². The number of rotatable bonds is 2. The normalized spacial score (nSPS) is 16.1. The molecular formula is C15H21N5O. The Hall–Kier alpha value is -2.24. The molecule has 0 aromatic carbocycles. The van der Waals surface area contributed by atoms with E-state index in [0.29, 0.717) is 0 Å². The lowest BCUT2D eigenvalue weighted by Gasteiger charge is -2.22. The molecule has 0 saturated carbocycles. The first-order valence-electron chi connectivity index (χ1n) is 7.36. The largest absolute Gasteiger partial charge is 0.383 e. The molecule has 0 unspecified atom stereocenters. The van der Waals surface area contributed by atoms with E-state index >= 15 is 0 Å². The Morgan fingerprint density at radius 2 is 2.10 bits per heavy atom. The molecular weight excluding hydrogens is 266 g/mol. The van der Waals surface area contributed by atoms with Crippen LogP contribution in [0.5, 0.6) is 0 Å². The number of pyridine rings is 1. The van der Waals surface area contributed by atoms with E-state index in [-0.39, 0.29) is 5.91 Å². The minimum absolute atomic E-state index is 0.153. The number of hydrogen-bond acceptors (Lipinski definition) is 4. The summed E-state index contributed by atoms with van der Waals surface area (Å²) in [5.41, 5.74) is 2.12. The Bertz CT molecular complexity index is 651. The summed E-state index contributed by atoms with van der Waals surface area (Å²) in [6.07, 6.45) is 2.93. The van der Waals surface area contributed by atoms with E-state index in [1.807, 2.05) is 34.8 Å². The molecule has 112 valence electrons. The van der Waals surface area contributed by atoms with E-state index in [1.165, 1.54) is 0 Å². The molecule has 0 atom stereocenters. The molecule has 0 radical (unpaired) electrons. The van der Waals surface area contributed by atoms with Gasteiger partial charge in [-0.15, -0.1) is 5.10 Å². The van der Waals surface area contributed by atoms with Gasteiger partial charge in [-0.1, -0.05) is 6.07 Å². The number of hydrogen-bond donors (Lipinski definition) is 1. The molecule has 3 heterocycles. The Morgan fingerprint density at radius 3 is 2.86 bits per heavy atom. The van der Waals surface area contributed by atoms with E-state index < -0.39 is 0 Å². The highest BCUT2D eigenvalue weighted by molar-refractivity contribution is 5.83. The molecule has 0 spiro atoms. The van der Waals surface area contributed by atoms with Gasteiger partial charge in [-0.3, -0.25) is 4.79 Å². The van der Waals surface area contributed by atoms with Crippen molar-refractivity contribution in [3.63, 3.8) is 0 Å². The lowest BCUT2D eigenvalue weighted by atomic mass is 10.3. The van der Waals surface area contributed by atoms with Crippen LogP contribution in [0.2, 0.25) is 0 Å². The second-order valence-corrected chi connectivity index (χ2v) is 5.33. The third-order valence-electron chi connectivity index (χ3n) is 4.01. The number of nitrogens with zero attached hydrogens (tertiary/aromatic N) is 4. The molecule has 1 N–H and O–H groups in total. The zero-order valence-electron chi connectivity index (χ0n) is 12.5. The number of nitrogens with one attached hydrogen (secondary N) is 1. The predicted octanol–water partition coefficient (Wildman–Crippen LogP) is 1.43. The fourth-order valence-corrected chi connectivity index (χ4v) is 2.89. The van der Waals surface area contributed by atoms with Gasteiger partial charge in [0.15, 0.2) is 5.82 Å². The van der Waals surface area contributed by atoms with Crippen LogP contribution in [0, 0.1) is 0 Å². The van der Waals surface area contributed by atoms with Gasteiger partial charge in [0.05, 0.1) is 5.52 Å². The average Bonchev–Trinajstić information content (AvgIpc) is 2.68. The van der Waals surface area contributed by atoms with Gasteiger partial charge in [0.1, 0.15) is 5.69 Å². The van der Waals surface area contributed by atoms with Crippen molar-refractivity contribution in [2.45, 2.75) is 13.3 Å². The molecule has 1 fully saturated rings. The van der Waals surface area contributed by atoms with E-state index in [0.717, 1.165) is 49.6 Å². The van der Waals surface area contributed by atoms with Gasteiger partial charge in [-0.25, -0.2) is 4.52 Å². The van der Waals surface area contributed by atoms with Crippen molar-refractivity contribution >= 4 is 22.9 Å². The summed E-state index contributed by atoms with van der Waals surface area (Å²) in [6.45, 7) is 4.96. The minimum Gasteiger partial charge on any atom is -0.383 e. The Labute approximate surface area is 124 Å². The van der Waals surface area contributed by atoms with E-state index in [4.69, 9.17) is 5.10 Å². The van der Waals surface area contributed by atoms with Crippen molar-refractivity contribution in [1.82, 2.24) is 14.5 Å². The first-order valence-corrected chi connectivity index (χ1v) is 7.36. The number of amides is 1. The number of aromatic nitrogens is 2. The molecule has 0 aliphatic carbocycles. The predicted molar refractivity (Wildman–Crippen MR) is 83.8 cm³/mol. The van der Waals surface area contributed by atoms with E-state index in [2.05, 4.69) is 16.3 Å². The average molecular weight is 287 g/mol. The maximum absolute atomic E-state index is 11.5. The van der Waals surface area contributed by atoms with Crippen molar-refractivity contribution in [3.05, 3.63) is 24.4 Å². The lowest BCUT2D eigenvalue weighted by molar-refractivity contribution is -0.128. The summed E-state index contributed by atoms with van der Waals surface area (Å²) in [5.74, 6) is 1.12. The topological polar surface area (TPSA) is 52.9 Å². The molecule has 2 aromatic heterocycles. The Balaban J connectivity index is 1.91. The summed E-state index contributed by atoms with van der Waals surface area (Å²) in [4.78, 5) is 15.7. The van der Waals surface area contributed by atoms with Crippen LogP contribution in [0.4, 0.5) is 11.5 Å². The third kappa shape index (κ3) is 2.53. The van der Waals surface area contributed by atoms with Gasteiger partial charge < -0.3 is 15.1 Å². The number of carbonyl (C=O) groups is 1. The van der Waals surface area contributed by atoms with Crippen LogP contribution in [0.15, 0.2) is 24.4 Å². The molecule has 1 amide bonds. The Kier molecular flexibility index (Phi) is 3.68. The first kappa shape index (κ1) is 13.7. The van der Waals surface area contributed by atoms with Gasteiger partial charge >= 0.3 is 0 Å². The second kappa shape index (κ2) is 5.63. The molecule has 3 rings (SSSR count). The second-order valence-electron chi connectivity index (χ2n) is 5.33. The summed E-state index contributed by atoms with van der Waals surface area (Å²) in [7, 11) is 1.92. The third-order valence-corrected chi connectivity index (χ3v) is 4.01. The fourth-order valence-electron chi connectivity index (χ4n) is 2.89. The van der Waals surface area contributed by atoms with Gasteiger partial charge in [-0.2, -0.15) is 0 Å². The summed E-state index contributed by atoms with van der Waals surface area (Å²) in [5, 5.41) is 7.96. The van der Waals surface area contributed by atoms with E-state index in [1.54, 1.807) is 6.92 Å². The van der Waals surface area contributed by atoms with Crippen LogP contribution in [-0.4, -0.2) is 53.6 Å². The molecule has 2 aromatic rings. The smallest absolute Gasteiger partial charge is 0.219 e. The van der Waals surface area contributed by atoms with Crippen LogP contribution < -0.4 is 10.2 Å². The summed E-state index contributed by atoms with van der Waals surface area (Å²) < 4.78 is 1.90. The van der Waals surface area contributed by atoms with Crippen LogP contribution >= 0.6 is 0 Å². The van der Waals surface area contributed by atoms with Crippen LogP contribution in [0.25, 0.3) is 5.52 Å². The monoisotopic (exact) mass is 287 g/mol. The molecule has 6 nitrogen and oxygen atoms in total. The maximum atomic E-state index is 11.5. The number of anilines is 2. The number of fused-ring (bicyclic) bond motifs is 1. The SMILES string of the molecule is CNc1c(N2CCCN(C(C)=O)CC2)nn2ccccc12. The molecule has 1 saturated heterocycles. The summed E-state index contributed by atoms with van der Waals surface area (Å²) in [6, 6.07) is 6.05. The highest BCUT2D eigenvalue weighted by Crippen LogP contribution is 2.29. The van der Waals surface area contributed by atoms with E-state index in [9.17, 15) is 4.79 Å². The molecule has 21 heavy (non-hydrogen) atoms. The Morgan fingerprint density at radius 1 is 1.24 bits per heavy atom. The molecule has 1 aliphatic heterocycles. The maximum Gasteiger partial charge on any atom is 0.219 e. The van der Waals surface area contributed by atoms with Crippen molar-refractivity contribution in [2.75, 3.05) is 43.4 Å². The van der Waals surface area contributed by atoms with Crippen LogP contribution in [-0.2, 0) is 4.79 Å². The highest BCUT2D eigenvalue weighted by atomic mass is 16.2. The summed E-state index contributed by atoms with van der Waals surface area (Å²) >= 11 is 0. The first-order chi connectivity index (χ1) is 10.2. The highest BCUT2D eigenvalue weighted by Gasteiger charge is 2.21. The minimum atomic E-state index is 0.153. The fraction of sp³-hybridized carbons (Fsp3) is 0.467. The van der Waals surface area contributed by atoms with Gasteiger partial charge in [0.2, 0.25) is 5.91 Å². The van der Waals surface area contributed by atoms with Crippen molar-refractivity contribution < 1.29 is 4.79 Å². The van der Waals surface area contributed by atoms with Gasteiger partial charge in [-0.05, 0) is 18.6 Å². The van der Waals surface area contributed by atoms with Gasteiger partial charge in [0.25, 0.3) is 0 Å². The molecule has 6 heteroatoms. The lowest BCUT2D eigenvalue weighted by Crippen LogP contribution is -2.33.